The Bertz CT molecular complexity index is 984. The number of aliphatic hydroxyl groups is 1. The van der Waals surface area contributed by atoms with Gasteiger partial charge in [0.25, 0.3) is 0 Å². The maximum atomic E-state index is 12.6. The average Bonchev–Trinajstić information content (AvgIpc) is 3.09. The number of aryl methyl sites for hydroxylation is 1. The molecule has 1 N–H and O–H groups in total. The molecule has 0 unspecified atom stereocenters. The molecule has 4 nitrogen and oxygen atoms in total. The minimum Gasteiger partial charge on any atom is -0.395 e. The van der Waals surface area contributed by atoms with Crippen molar-refractivity contribution in [3.05, 3.63) is 71.4 Å². The summed E-state index contributed by atoms with van der Waals surface area (Å²) in [5.74, 6) is 0.0133. The SMILES string of the molecule is CC.Cc1ccc(C2(c3cn(CC(=O)N(C)CCO)c4ccccc34)CCC2)cc1. The molecule has 4 heteroatoms. The molecule has 0 saturated heterocycles. The van der Waals surface area contributed by atoms with Gasteiger partial charge >= 0.3 is 0 Å². The Kier molecular flexibility index (Phi) is 6.99. The molecule has 1 heterocycles. The number of carbonyl (C=O) groups excluding carboxylic acids is 1. The van der Waals surface area contributed by atoms with E-state index in [0.717, 1.165) is 18.4 Å². The molecule has 0 atom stereocenters. The number of hydrogen-bond donors (Lipinski definition) is 1. The molecule has 2 aromatic carbocycles. The first kappa shape index (κ1) is 22.1. The normalized spacial score (nSPS) is 14.6. The van der Waals surface area contributed by atoms with Crippen molar-refractivity contribution in [3.8, 4) is 0 Å². The zero-order chi connectivity index (χ0) is 21.7. The van der Waals surface area contributed by atoms with Crippen LogP contribution in [0.25, 0.3) is 10.9 Å². The summed E-state index contributed by atoms with van der Waals surface area (Å²) < 4.78 is 2.08. The topological polar surface area (TPSA) is 45.5 Å². The van der Waals surface area contributed by atoms with Crippen LogP contribution >= 0.6 is 0 Å². The van der Waals surface area contributed by atoms with Crippen LogP contribution in [0, 0.1) is 6.92 Å². The highest BCUT2D eigenvalue weighted by molar-refractivity contribution is 5.88. The Labute approximate surface area is 180 Å². The molecule has 0 radical (unpaired) electrons. The lowest BCUT2D eigenvalue weighted by atomic mass is 9.60. The fourth-order valence-corrected chi connectivity index (χ4v) is 4.42. The Balaban J connectivity index is 0.00000124. The van der Waals surface area contributed by atoms with Crippen LogP contribution in [0.1, 0.15) is 49.8 Å². The second kappa shape index (κ2) is 9.48. The van der Waals surface area contributed by atoms with Crippen LogP contribution in [-0.4, -0.2) is 40.7 Å². The van der Waals surface area contributed by atoms with E-state index in [4.69, 9.17) is 5.11 Å². The van der Waals surface area contributed by atoms with E-state index >= 15 is 0 Å². The molecule has 4 rings (SSSR count). The van der Waals surface area contributed by atoms with Crippen molar-refractivity contribution in [2.24, 2.45) is 0 Å². The van der Waals surface area contributed by atoms with Gasteiger partial charge in [-0.1, -0.05) is 68.3 Å². The minimum atomic E-state index is -0.0174. The zero-order valence-electron chi connectivity index (χ0n) is 18.7. The van der Waals surface area contributed by atoms with Crippen LogP contribution in [0.15, 0.2) is 54.7 Å². The highest BCUT2D eigenvalue weighted by atomic mass is 16.3. The number of fused-ring (bicyclic) bond motifs is 1. The largest absolute Gasteiger partial charge is 0.395 e. The quantitative estimate of drug-likeness (QED) is 0.633. The second-order valence-corrected chi connectivity index (χ2v) is 8.03. The van der Waals surface area contributed by atoms with Crippen LogP contribution in [0.2, 0.25) is 0 Å². The van der Waals surface area contributed by atoms with Gasteiger partial charge < -0.3 is 14.6 Å². The molecular formula is C26H34N2O2. The smallest absolute Gasteiger partial charge is 0.242 e. The van der Waals surface area contributed by atoms with E-state index in [2.05, 4.69) is 60.2 Å². The lowest BCUT2D eigenvalue weighted by Crippen LogP contribution is -2.35. The van der Waals surface area contributed by atoms with Gasteiger partial charge in [-0.3, -0.25) is 4.79 Å². The number of rotatable bonds is 6. The van der Waals surface area contributed by atoms with E-state index < -0.39 is 0 Å². The number of likely N-dealkylation sites (N-methyl/N-ethyl adjacent to an activating group) is 1. The maximum Gasteiger partial charge on any atom is 0.242 e. The molecule has 3 aromatic rings. The molecule has 1 amide bonds. The molecular weight excluding hydrogens is 372 g/mol. The molecule has 160 valence electrons. The summed E-state index contributed by atoms with van der Waals surface area (Å²) >= 11 is 0. The van der Waals surface area contributed by atoms with Crippen molar-refractivity contribution in [1.29, 1.82) is 0 Å². The van der Waals surface area contributed by atoms with Gasteiger partial charge in [-0.05, 0) is 37.0 Å². The van der Waals surface area contributed by atoms with Crippen molar-refractivity contribution in [2.75, 3.05) is 20.2 Å². The van der Waals surface area contributed by atoms with E-state index in [1.54, 1.807) is 11.9 Å². The third-order valence-electron chi connectivity index (χ3n) is 6.28. The standard InChI is InChI=1S/C24H28N2O2.C2H6/c1-18-8-10-19(11-9-18)24(12-5-13-24)21-16-26(17-23(28)25(2)14-15-27)22-7-4-3-6-20(21)22;1-2/h3-4,6-11,16,27H,5,12-15,17H2,1-2H3;1-2H3. The highest BCUT2D eigenvalue weighted by Gasteiger charge is 2.42. The van der Waals surface area contributed by atoms with Gasteiger partial charge in [0.05, 0.1) is 6.61 Å². The maximum absolute atomic E-state index is 12.6. The van der Waals surface area contributed by atoms with Crippen molar-refractivity contribution in [3.63, 3.8) is 0 Å². The van der Waals surface area contributed by atoms with Crippen LogP contribution < -0.4 is 0 Å². The number of amides is 1. The summed E-state index contributed by atoms with van der Waals surface area (Å²) in [6.07, 6.45) is 5.70. The molecule has 1 fully saturated rings. The second-order valence-electron chi connectivity index (χ2n) is 8.03. The van der Waals surface area contributed by atoms with Crippen LogP contribution in [0.5, 0.6) is 0 Å². The van der Waals surface area contributed by atoms with E-state index in [0.29, 0.717) is 13.1 Å². The first-order valence-electron chi connectivity index (χ1n) is 11.1. The summed E-state index contributed by atoms with van der Waals surface area (Å²) in [7, 11) is 1.74. The number of benzene rings is 2. The van der Waals surface area contributed by atoms with Crippen molar-refractivity contribution < 1.29 is 9.90 Å². The Morgan fingerprint density at radius 1 is 1.10 bits per heavy atom. The Morgan fingerprint density at radius 2 is 1.77 bits per heavy atom. The van der Waals surface area contributed by atoms with Gasteiger partial charge in [-0.15, -0.1) is 0 Å². The molecule has 1 aliphatic rings. The molecule has 0 aliphatic heterocycles. The number of hydrogen-bond acceptors (Lipinski definition) is 2. The fraction of sp³-hybridized carbons (Fsp3) is 0.423. The third-order valence-corrected chi connectivity index (χ3v) is 6.28. The lowest BCUT2D eigenvalue weighted by Gasteiger charge is -2.43. The van der Waals surface area contributed by atoms with Gasteiger partial charge in [0, 0.05) is 36.1 Å². The van der Waals surface area contributed by atoms with Crippen LogP contribution in [0.4, 0.5) is 0 Å². The van der Waals surface area contributed by atoms with E-state index in [9.17, 15) is 4.79 Å². The first-order valence-corrected chi connectivity index (χ1v) is 11.1. The fourth-order valence-electron chi connectivity index (χ4n) is 4.42. The first-order chi connectivity index (χ1) is 14.5. The minimum absolute atomic E-state index is 0.0133. The molecule has 1 saturated carbocycles. The number of carbonyl (C=O) groups is 1. The van der Waals surface area contributed by atoms with E-state index in [-0.39, 0.29) is 17.9 Å². The zero-order valence-corrected chi connectivity index (χ0v) is 18.7. The summed E-state index contributed by atoms with van der Waals surface area (Å²) in [4.78, 5) is 14.2. The molecule has 1 aliphatic carbocycles. The van der Waals surface area contributed by atoms with E-state index in [1.807, 2.05) is 19.9 Å². The average molecular weight is 407 g/mol. The Hall–Kier alpha value is -2.59. The van der Waals surface area contributed by atoms with Crippen LogP contribution in [-0.2, 0) is 16.8 Å². The number of nitrogens with zero attached hydrogens (tertiary/aromatic N) is 2. The van der Waals surface area contributed by atoms with Gasteiger partial charge in [-0.25, -0.2) is 0 Å². The highest BCUT2D eigenvalue weighted by Crippen LogP contribution is 2.51. The van der Waals surface area contributed by atoms with Gasteiger partial charge in [0.1, 0.15) is 6.54 Å². The third kappa shape index (κ3) is 4.01. The molecule has 30 heavy (non-hydrogen) atoms. The van der Waals surface area contributed by atoms with Crippen molar-refractivity contribution in [1.82, 2.24) is 9.47 Å². The summed E-state index contributed by atoms with van der Waals surface area (Å²) in [6.45, 7) is 6.76. The molecule has 0 bridgehead atoms. The Morgan fingerprint density at radius 3 is 2.37 bits per heavy atom. The predicted octanol–water partition coefficient (Wildman–Crippen LogP) is 4.90. The van der Waals surface area contributed by atoms with Crippen molar-refractivity contribution >= 4 is 16.8 Å². The van der Waals surface area contributed by atoms with Crippen molar-refractivity contribution in [2.45, 2.75) is 52.0 Å². The summed E-state index contributed by atoms with van der Waals surface area (Å²) in [6, 6.07) is 17.3. The number of para-hydroxylation sites is 1. The number of aliphatic hydroxyl groups excluding tert-OH is 1. The van der Waals surface area contributed by atoms with Gasteiger partial charge in [0.2, 0.25) is 5.91 Å². The number of aromatic nitrogens is 1. The molecule has 0 spiro atoms. The van der Waals surface area contributed by atoms with Gasteiger partial charge in [0.15, 0.2) is 0 Å². The predicted molar refractivity (Wildman–Crippen MR) is 124 cm³/mol. The lowest BCUT2D eigenvalue weighted by molar-refractivity contribution is -0.130. The van der Waals surface area contributed by atoms with E-state index in [1.165, 1.54) is 28.5 Å². The summed E-state index contributed by atoms with van der Waals surface area (Å²) in [5.41, 5.74) is 5.12. The monoisotopic (exact) mass is 406 g/mol. The van der Waals surface area contributed by atoms with Gasteiger partial charge in [-0.2, -0.15) is 0 Å². The molecule has 1 aromatic heterocycles. The summed E-state index contributed by atoms with van der Waals surface area (Å²) in [5, 5.41) is 10.4. The van der Waals surface area contributed by atoms with Crippen LogP contribution in [0.3, 0.4) is 0 Å².